The number of rotatable bonds is 3. The van der Waals surface area contributed by atoms with Crippen molar-refractivity contribution < 1.29 is 4.39 Å². The van der Waals surface area contributed by atoms with Gasteiger partial charge >= 0.3 is 0 Å². The second kappa shape index (κ2) is 3.12. The van der Waals surface area contributed by atoms with E-state index in [1.807, 2.05) is 20.8 Å². The van der Waals surface area contributed by atoms with Crippen molar-refractivity contribution in [3.63, 3.8) is 0 Å². The second-order valence-electron chi connectivity index (χ2n) is 4.43. The largest absolute Gasteiger partial charge is 0.244 e. The Labute approximate surface area is 70.2 Å². The fraction of sp³-hybridized carbons (Fsp3) is 1.00. The van der Waals surface area contributed by atoms with Crippen molar-refractivity contribution in [1.82, 2.24) is 0 Å². The van der Waals surface area contributed by atoms with E-state index in [1.54, 1.807) is 6.92 Å². The monoisotopic (exact) mass is 160 g/mol. The average molecular weight is 160 g/mol. The molecule has 0 N–H and O–H groups in total. The van der Waals surface area contributed by atoms with Gasteiger partial charge in [-0.25, -0.2) is 4.39 Å². The molecule has 1 heteroatoms. The minimum absolute atomic E-state index is 0.220. The van der Waals surface area contributed by atoms with Crippen molar-refractivity contribution in [2.24, 2.45) is 11.3 Å². The van der Waals surface area contributed by atoms with Gasteiger partial charge in [0.1, 0.15) is 5.67 Å². The van der Waals surface area contributed by atoms with Crippen LogP contribution in [0, 0.1) is 11.3 Å². The van der Waals surface area contributed by atoms with E-state index >= 15 is 0 Å². The highest BCUT2D eigenvalue weighted by Crippen LogP contribution is 2.42. The third-order valence-corrected chi connectivity index (χ3v) is 3.45. The summed E-state index contributed by atoms with van der Waals surface area (Å²) in [6.07, 6.45) is 0.595. The van der Waals surface area contributed by atoms with E-state index in [2.05, 4.69) is 13.8 Å². The molecule has 0 spiro atoms. The van der Waals surface area contributed by atoms with Gasteiger partial charge in [-0.2, -0.15) is 0 Å². The molecule has 0 radical (unpaired) electrons. The number of hydrogen-bond acceptors (Lipinski definition) is 0. The van der Waals surface area contributed by atoms with E-state index in [0.29, 0.717) is 12.3 Å². The molecule has 0 aliphatic rings. The van der Waals surface area contributed by atoms with Crippen LogP contribution in [0.4, 0.5) is 4.39 Å². The predicted molar refractivity (Wildman–Crippen MR) is 48.4 cm³/mol. The van der Waals surface area contributed by atoms with E-state index in [0.717, 1.165) is 0 Å². The van der Waals surface area contributed by atoms with Gasteiger partial charge in [-0.3, -0.25) is 0 Å². The highest BCUT2D eigenvalue weighted by atomic mass is 19.1. The molecule has 68 valence electrons. The Morgan fingerprint density at radius 3 is 1.64 bits per heavy atom. The maximum absolute atomic E-state index is 13.8. The lowest BCUT2D eigenvalue weighted by Crippen LogP contribution is -2.41. The molecule has 0 bridgehead atoms. The molecule has 0 nitrogen and oxygen atoms in total. The van der Waals surface area contributed by atoms with Gasteiger partial charge in [0.15, 0.2) is 0 Å². The number of halogens is 1. The summed E-state index contributed by atoms with van der Waals surface area (Å²) in [6, 6.07) is 0. The Morgan fingerprint density at radius 1 is 1.18 bits per heavy atom. The topological polar surface area (TPSA) is 0 Å². The Hall–Kier alpha value is -0.0700. The lowest BCUT2D eigenvalue weighted by Gasteiger charge is -2.40. The van der Waals surface area contributed by atoms with E-state index in [-0.39, 0.29) is 5.41 Å². The molecule has 0 amide bonds. The molecule has 0 fully saturated rings. The molecule has 0 aliphatic heterocycles. The third-order valence-electron chi connectivity index (χ3n) is 3.45. The highest BCUT2D eigenvalue weighted by Gasteiger charge is 2.41. The summed E-state index contributed by atoms with van der Waals surface area (Å²) >= 11 is 0. The molecule has 11 heavy (non-hydrogen) atoms. The molecular formula is C10H21F. The van der Waals surface area contributed by atoms with Crippen LogP contribution in [-0.2, 0) is 0 Å². The standard InChI is InChI=1S/C10H21F/c1-7-10(6,11)9(4,5)8(2)3/h8H,7H2,1-6H3. The third kappa shape index (κ3) is 1.94. The molecule has 0 aliphatic carbocycles. The van der Waals surface area contributed by atoms with Crippen LogP contribution in [0.15, 0.2) is 0 Å². The van der Waals surface area contributed by atoms with Crippen molar-refractivity contribution >= 4 is 0 Å². The minimum Gasteiger partial charge on any atom is -0.244 e. The molecule has 0 aromatic carbocycles. The zero-order valence-corrected chi connectivity index (χ0v) is 8.66. The smallest absolute Gasteiger partial charge is 0.113 e. The first kappa shape index (κ1) is 10.9. The SMILES string of the molecule is CCC(C)(F)C(C)(C)C(C)C. The van der Waals surface area contributed by atoms with Crippen LogP contribution in [0.25, 0.3) is 0 Å². The first-order chi connectivity index (χ1) is 4.75. The normalized spacial score (nSPS) is 18.5. The fourth-order valence-corrected chi connectivity index (χ4v) is 1.06. The summed E-state index contributed by atoms with van der Waals surface area (Å²) in [5.74, 6) is 0.387. The molecule has 1 unspecified atom stereocenters. The van der Waals surface area contributed by atoms with Crippen LogP contribution >= 0.6 is 0 Å². The van der Waals surface area contributed by atoms with Gasteiger partial charge in [-0.1, -0.05) is 34.6 Å². The molecule has 0 saturated carbocycles. The van der Waals surface area contributed by atoms with Crippen molar-refractivity contribution in [3.8, 4) is 0 Å². The summed E-state index contributed by atoms with van der Waals surface area (Å²) in [7, 11) is 0. The van der Waals surface area contributed by atoms with Crippen LogP contribution in [-0.4, -0.2) is 5.67 Å². The summed E-state index contributed by atoms with van der Waals surface area (Å²) < 4.78 is 13.8. The van der Waals surface area contributed by atoms with Crippen LogP contribution < -0.4 is 0 Å². The predicted octanol–water partition coefficient (Wildman–Crippen LogP) is 3.81. The van der Waals surface area contributed by atoms with Gasteiger partial charge in [-0.15, -0.1) is 0 Å². The summed E-state index contributed by atoms with van der Waals surface area (Å²) in [6.45, 7) is 11.8. The maximum atomic E-state index is 13.8. The van der Waals surface area contributed by atoms with E-state index in [1.165, 1.54) is 0 Å². The van der Waals surface area contributed by atoms with Gasteiger partial charge in [0.25, 0.3) is 0 Å². The second-order valence-corrected chi connectivity index (χ2v) is 4.43. The molecule has 0 rings (SSSR count). The fourth-order valence-electron chi connectivity index (χ4n) is 1.06. The molecular weight excluding hydrogens is 139 g/mol. The molecule has 0 saturated heterocycles. The summed E-state index contributed by atoms with van der Waals surface area (Å²) in [4.78, 5) is 0. The van der Waals surface area contributed by atoms with Crippen molar-refractivity contribution in [3.05, 3.63) is 0 Å². The van der Waals surface area contributed by atoms with Gasteiger partial charge in [0.2, 0.25) is 0 Å². The van der Waals surface area contributed by atoms with Crippen molar-refractivity contribution in [1.29, 1.82) is 0 Å². The quantitative estimate of drug-likeness (QED) is 0.589. The van der Waals surface area contributed by atoms with Crippen molar-refractivity contribution in [2.45, 2.75) is 53.6 Å². The van der Waals surface area contributed by atoms with Crippen LogP contribution in [0.3, 0.4) is 0 Å². The van der Waals surface area contributed by atoms with E-state index < -0.39 is 5.67 Å². The van der Waals surface area contributed by atoms with Crippen LogP contribution in [0.5, 0.6) is 0 Å². The Morgan fingerprint density at radius 2 is 1.55 bits per heavy atom. The Bertz CT molecular complexity index is 123. The van der Waals surface area contributed by atoms with Gasteiger partial charge in [0.05, 0.1) is 0 Å². The lowest BCUT2D eigenvalue weighted by molar-refractivity contribution is -0.00496. The van der Waals surface area contributed by atoms with Crippen molar-refractivity contribution in [2.75, 3.05) is 0 Å². The average Bonchev–Trinajstić information content (AvgIpc) is 1.87. The van der Waals surface area contributed by atoms with Gasteiger partial charge in [-0.05, 0) is 19.3 Å². The van der Waals surface area contributed by atoms with E-state index in [9.17, 15) is 4.39 Å². The Kier molecular flexibility index (Phi) is 3.10. The lowest BCUT2D eigenvalue weighted by atomic mass is 9.68. The molecule has 0 heterocycles. The van der Waals surface area contributed by atoms with Gasteiger partial charge < -0.3 is 0 Å². The maximum Gasteiger partial charge on any atom is 0.113 e. The van der Waals surface area contributed by atoms with Crippen LogP contribution in [0.2, 0.25) is 0 Å². The molecule has 0 aromatic rings. The minimum atomic E-state index is -1.04. The van der Waals surface area contributed by atoms with E-state index in [4.69, 9.17) is 0 Å². The highest BCUT2D eigenvalue weighted by molar-refractivity contribution is 4.90. The first-order valence-electron chi connectivity index (χ1n) is 4.44. The number of hydrogen-bond donors (Lipinski definition) is 0. The molecule has 0 aromatic heterocycles. The van der Waals surface area contributed by atoms with Gasteiger partial charge in [0, 0.05) is 5.41 Å². The molecule has 1 atom stereocenters. The summed E-state index contributed by atoms with van der Waals surface area (Å²) in [5.41, 5.74) is -1.26. The number of alkyl halides is 1. The zero-order valence-electron chi connectivity index (χ0n) is 8.66. The Balaban J connectivity index is 4.53. The van der Waals surface area contributed by atoms with Crippen LogP contribution in [0.1, 0.15) is 48.0 Å². The summed E-state index contributed by atoms with van der Waals surface area (Å²) in [5, 5.41) is 0. The first-order valence-corrected chi connectivity index (χ1v) is 4.44. The zero-order chi connectivity index (χ0) is 9.28.